The highest BCUT2D eigenvalue weighted by Crippen LogP contribution is 2.64. The molecule has 3 N–H and O–H groups in total. The summed E-state index contributed by atoms with van der Waals surface area (Å²) in [4.78, 5) is 24.3. The van der Waals surface area contributed by atoms with Crippen molar-refractivity contribution in [2.45, 2.75) is 17.7 Å². The predicted octanol–water partition coefficient (Wildman–Crippen LogP) is 4.04. The van der Waals surface area contributed by atoms with Crippen LogP contribution in [-0.4, -0.2) is 16.1 Å². The van der Waals surface area contributed by atoms with Crippen molar-refractivity contribution in [2.75, 3.05) is 5.32 Å². The second-order valence-electron chi connectivity index (χ2n) is 5.75. The highest BCUT2D eigenvalue weighted by atomic mass is 35.5. The molecule has 1 unspecified atom stereocenters. The fourth-order valence-corrected chi connectivity index (χ4v) is 4.09. The first-order valence-electron chi connectivity index (χ1n) is 6.92. The number of halogens is 2. The zero-order valence-electron chi connectivity index (χ0n) is 12.2. The van der Waals surface area contributed by atoms with E-state index in [0.717, 1.165) is 5.56 Å². The number of rotatable bonds is 4. The van der Waals surface area contributed by atoms with Crippen LogP contribution in [0.1, 0.15) is 23.7 Å². The standard InChI is InChI=1S/C16H14Cl2N2O2S/c1-15(8-16(15,17)18)14(22)20-13-11(12(19)21)10(7-23-13)9-5-3-2-4-6-9/h2-7H,8H2,1H3,(H2,19,21)(H,20,22). The SMILES string of the molecule is CC1(C(=O)Nc2scc(-c3ccccc3)c2C(N)=O)CC1(Cl)Cl. The van der Waals surface area contributed by atoms with Crippen molar-refractivity contribution >= 4 is 51.4 Å². The van der Waals surface area contributed by atoms with E-state index < -0.39 is 15.7 Å². The lowest BCUT2D eigenvalue weighted by molar-refractivity contribution is -0.120. The van der Waals surface area contributed by atoms with Crippen molar-refractivity contribution in [3.8, 4) is 11.1 Å². The van der Waals surface area contributed by atoms with Gasteiger partial charge in [-0.2, -0.15) is 0 Å². The number of hydrogen-bond donors (Lipinski definition) is 2. The van der Waals surface area contributed by atoms with E-state index >= 15 is 0 Å². The monoisotopic (exact) mass is 368 g/mol. The average Bonchev–Trinajstić information content (AvgIpc) is 2.85. The maximum atomic E-state index is 12.4. The minimum absolute atomic E-state index is 0.300. The first-order chi connectivity index (χ1) is 10.8. The molecular formula is C16H14Cl2N2O2S. The summed E-state index contributed by atoms with van der Waals surface area (Å²) in [6.07, 6.45) is 0.373. The van der Waals surface area contributed by atoms with Gasteiger partial charge in [-0.25, -0.2) is 0 Å². The van der Waals surface area contributed by atoms with E-state index in [1.807, 2.05) is 30.3 Å². The molecule has 1 saturated carbocycles. The predicted molar refractivity (Wildman–Crippen MR) is 94.1 cm³/mol. The van der Waals surface area contributed by atoms with E-state index in [0.29, 0.717) is 22.5 Å². The van der Waals surface area contributed by atoms with Gasteiger partial charge in [0.25, 0.3) is 5.91 Å². The summed E-state index contributed by atoms with van der Waals surface area (Å²) in [7, 11) is 0. The van der Waals surface area contributed by atoms with Gasteiger partial charge in [-0.1, -0.05) is 30.3 Å². The number of carbonyl (C=O) groups excluding carboxylic acids is 2. The molecule has 0 aliphatic heterocycles. The van der Waals surface area contributed by atoms with Crippen LogP contribution in [0.25, 0.3) is 11.1 Å². The molecule has 3 rings (SSSR count). The highest BCUT2D eigenvalue weighted by molar-refractivity contribution is 7.15. The zero-order chi connectivity index (χ0) is 16.8. The third-order valence-electron chi connectivity index (χ3n) is 4.11. The fourth-order valence-electron chi connectivity index (χ4n) is 2.41. The lowest BCUT2D eigenvalue weighted by Crippen LogP contribution is -2.26. The van der Waals surface area contributed by atoms with Gasteiger partial charge < -0.3 is 11.1 Å². The molecule has 4 nitrogen and oxygen atoms in total. The zero-order valence-corrected chi connectivity index (χ0v) is 14.6. The maximum Gasteiger partial charge on any atom is 0.252 e. The Morgan fingerprint density at radius 1 is 1.26 bits per heavy atom. The van der Waals surface area contributed by atoms with Gasteiger partial charge in [0.1, 0.15) is 9.33 Å². The number of carbonyl (C=O) groups is 2. The summed E-state index contributed by atoms with van der Waals surface area (Å²) in [6.45, 7) is 1.69. The molecule has 0 bridgehead atoms. The molecule has 1 atom stereocenters. The number of benzene rings is 1. The van der Waals surface area contributed by atoms with E-state index in [9.17, 15) is 9.59 Å². The Bertz CT molecular complexity index is 789. The van der Waals surface area contributed by atoms with Gasteiger partial charge in [0.2, 0.25) is 5.91 Å². The Balaban J connectivity index is 1.94. The number of primary amides is 1. The number of thiophene rings is 1. The number of nitrogens with one attached hydrogen (secondary N) is 1. The van der Waals surface area contributed by atoms with E-state index in [1.54, 1.807) is 12.3 Å². The second-order valence-corrected chi connectivity index (χ2v) is 8.11. The normalized spacial score (nSPS) is 21.7. The molecule has 23 heavy (non-hydrogen) atoms. The molecule has 1 aliphatic carbocycles. The van der Waals surface area contributed by atoms with Crippen LogP contribution in [0.2, 0.25) is 0 Å². The van der Waals surface area contributed by atoms with Gasteiger partial charge in [0.15, 0.2) is 0 Å². The largest absolute Gasteiger partial charge is 0.365 e. The van der Waals surface area contributed by atoms with Crippen molar-refractivity contribution in [1.82, 2.24) is 0 Å². The summed E-state index contributed by atoms with van der Waals surface area (Å²) >= 11 is 13.3. The Morgan fingerprint density at radius 2 is 1.87 bits per heavy atom. The third-order valence-corrected chi connectivity index (χ3v) is 6.11. The van der Waals surface area contributed by atoms with Gasteiger partial charge in [-0.15, -0.1) is 34.5 Å². The molecule has 1 aliphatic rings. The second kappa shape index (κ2) is 5.51. The lowest BCUT2D eigenvalue weighted by Gasteiger charge is -2.12. The van der Waals surface area contributed by atoms with Crippen molar-refractivity contribution in [3.63, 3.8) is 0 Å². The number of alkyl halides is 2. The molecule has 2 aromatic rings. The Morgan fingerprint density at radius 3 is 2.39 bits per heavy atom. The minimum Gasteiger partial charge on any atom is -0.365 e. The Labute approximate surface area is 147 Å². The molecule has 1 heterocycles. The van der Waals surface area contributed by atoms with E-state index in [1.165, 1.54) is 11.3 Å². The van der Waals surface area contributed by atoms with E-state index in [-0.39, 0.29) is 5.91 Å². The average molecular weight is 369 g/mol. The summed E-state index contributed by atoms with van der Waals surface area (Å²) in [5.74, 6) is -0.907. The number of anilines is 1. The van der Waals surface area contributed by atoms with Crippen molar-refractivity contribution < 1.29 is 9.59 Å². The molecule has 1 fully saturated rings. The third kappa shape index (κ3) is 2.73. The van der Waals surface area contributed by atoms with Crippen LogP contribution in [-0.2, 0) is 4.79 Å². The Kier molecular flexibility index (Phi) is 3.91. The maximum absolute atomic E-state index is 12.4. The lowest BCUT2D eigenvalue weighted by atomic mass is 10.0. The molecule has 1 aromatic carbocycles. The molecular weight excluding hydrogens is 355 g/mol. The minimum atomic E-state index is -1.07. The summed E-state index contributed by atoms with van der Waals surface area (Å²) in [5.41, 5.74) is 6.51. The molecule has 0 radical (unpaired) electrons. The van der Waals surface area contributed by atoms with Crippen LogP contribution >= 0.6 is 34.5 Å². The molecule has 7 heteroatoms. The molecule has 0 saturated heterocycles. The van der Waals surface area contributed by atoms with Crippen LogP contribution in [0.3, 0.4) is 0 Å². The molecule has 120 valence electrons. The number of hydrogen-bond acceptors (Lipinski definition) is 3. The quantitative estimate of drug-likeness (QED) is 0.799. The van der Waals surface area contributed by atoms with Gasteiger partial charge in [-0.3, -0.25) is 9.59 Å². The van der Waals surface area contributed by atoms with Crippen LogP contribution < -0.4 is 11.1 Å². The van der Waals surface area contributed by atoms with Gasteiger partial charge >= 0.3 is 0 Å². The summed E-state index contributed by atoms with van der Waals surface area (Å²) in [6, 6.07) is 9.39. The van der Waals surface area contributed by atoms with E-state index in [2.05, 4.69) is 5.32 Å². The smallest absolute Gasteiger partial charge is 0.252 e. The van der Waals surface area contributed by atoms with E-state index in [4.69, 9.17) is 28.9 Å². The Hall–Kier alpha value is -1.56. The topological polar surface area (TPSA) is 72.2 Å². The molecule has 1 aromatic heterocycles. The van der Waals surface area contributed by atoms with Crippen LogP contribution in [0.4, 0.5) is 5.00 Å². The highest BCUT2D eigenvalue weighted by Gasteiger charge is 2.68. The van der Waals surface area contributed by atoms with Crippen LogP contribution in [0.15, 0.2) is 35.7 Å². The van der Waals surface area contributed by atoms with Gasteiger partial charge in [0.05, 0.1) is 11.0 Å². The number of nitrogens with two attached hydrogens (primary N) is 1. The first-order valence-corrected chi connectivity index (χ1v) is 8.56. The van der Waals surface area contributed by atoms with Gasteiger partial charge in [-0.05, 0) is 18.9 Å². The van der Waals surface area contributed by atoms with Crippen molar-refractivity contribution in [3.05, 3.63) is 41.3 Å². The molecule has 2 amide bonds. The first kappa shape index (κ1) is 16.3. The fraction of sp³-hybridized carbons (Fsp3) is 0.250. The summed E-state index contributed by atoms with van der Waals surface area (Å²) in [5, 5.41) is 4.97. The van der Waals surface area contributed by atoms with Crippen LogP contribution in [0.5, 0.6) is 0 Å². The molecule has 0 spiro atoms. The van der Waals surface area contributed by atoms with Gasteiger partial charge in [0, 0.05) is 10.9 Å². The van der Waals surface area contributed by atoms with Crippen molar-refractivity contribution in [2.24, 2.45) is 11.1 Å². The van der Waals surface area contributed by atoms with Crippen LogP contribution in [0, 0.1) is 5.41 Å². The summed E-state index contributed by atoms with van der Waals surface area (Å²) < 4.78 is -1.07. The number of amides is 2. The van der Waals surface area contributed by atoms with Crippen molar-refractivity contribution in [1.29, 1.82) is 0 Å².